The predicted octanol–water partition coefficient (Wildman–Crippen LogP) is 3.44. The van der Waals surface area contributed by atoms with Gasteiger partial charge in [-0.05, 0) is 41.0 Å². The number of hydrogen-bond acceptors (Lipinski definition) is 3. The molecule has 2 saturated heterocycles. The maximum absolute atomic E-state index is 14.1. The van der Waals surface area contributed by atoms with Crippen molar-refractivity contribution in [1.29, 1.82) is 0 Å². The van der Waals surface area contributed by atoms with Gasteiger partial charge in [-0.3, -0.25) is 9.59 Å². The maximum atomic E-state index is 14.1. The van der Waals surface area contributed by atoms with Gasteiger partial charge in [0, 0.05) is 12.5 Å². The number of benzene rings is 3. The van der Waals surface area contributed by atoms with Crippen molar-refractivity contribution in [2.75, 3.05) is 19.7 Å². The number of aliphatic hydroxyl groups excluding tert-OH is 1. The van der Waals surface area contributed by atoms with Gasteiger partial charge in [0.1, 0.15) is 18.2 Å². The smallest absolute Gasteiger partial charge is 0.257 e. The maximum Gasteiger partial charge on any atom is 0.257 e. The van der Waals surface area contributed by atoms with Crippen LogP contribution in [0, 0.1) is 11.6 Å². The quantitative estimate of drug-likeness (QED) is 0.665. The molecule has 0 spiro atoms. The van der Waals surface area contributed by atoms with E-state index in [0.29, 0.717) is 0 Å². The molecule has 7 heteroatoms. The van der Waals surface area contributed by atoms with Crippen LogP contribution in [-0.4, -0.2) is 58.5 Å². The fraction of sp³-hybridized carbons (Fsp3) is 0.231. The molecule has 2 amide bonds. The molecule has 2 fully saturated rings. The molecule has 0 aromatic heterocycles. The Morgan fingerprint density at radius 3 is 2.21 bits per heavy atom. The Balaban J connectivity index is 1.39. The van der Waals surface area contributed by atoms with Crippen molar-refractivity contribution in [2.24, 2.45) is 0 Å². The van der Waals surface area contributed by atoms with E-state index in [4.69, 9.17) is 0 Å². The number of carbonyl (C=O) groups excluding carboxylic acids is 2. The van der Waals surface area contributed by atoms with E-state index in [2.05, 4.69) is 0 Å². The molecule has 2 heterocycles. The van der Waals surface area contributed by atoms with Crippen molar-refractivity contribution in [2.45, 2.75) is 18.0 Å². The second-order valence-corrected chi connectivity index (χ2v) is 8.44. The van der Waals surface area contributed by atoms with E-state index in [-0.39, 0.29) is 55.0 Å². The lowest BCUT2D eigenvalue weighted by molar-refractivity contribution is -0.159. The number of aliphatic hydroxyl groups is 1. The van der Waals surface area contributed by atoms with Crippen molar-refractivity contribution in [3.8, 4) is 11.1 Å². The number of fused-ring (bicyclic) bond motifs is 1. The van der Waals surface area contributed by atoms with E-state index < -0.39 is 11.7 Å². The van der Waals surface area contributed by atoms with Crippen LogP contribution < -0.4 is 0 Å². The molecule has 168 valence electrons. The zero-order valence-corrected chi connectivity index (χ0v) is 17.7. The van der Waals surface area contributed by atoms with E-state index in [1.165, 1.54) is 35.2 Å². The van der Waals surface area contributed by atoms with Gasteiger partial charge >= 0.3 is 0 Å². The molecule has 5 nitrogen and oxygen atoms in total. The molecule has 2 aliphatic heterocycles. The lowest BCUT2D eigenvalue weighted by Gasteiger charge is -2.58. The number of halogens is 2. The summed E-state index contributed by atoms with van der Waals surface area (Å²) in [4.78, 5) is 28.7. The first-order valence-corrected chi connectivity index (χ1v) is 10.8. The first-order chi connectivity index (χ1) is 16.0. The monoisotopic (exact) mass is 448 g/mol. The second-order valence-electron chi connectivity index (χ2n) is 8.44. The summed E-state index contributed by atoms with van der Waals surface area (Å²) >= 11 is 0. The lowest BCUT2D eigenvalue weighted by atomic mass is 9.73. The molecule has 0 unspecified atom stereocenters. The Morgan fingerprint density at radius 2 is 1.58 bits per heavy atom. The van der Waals surface area contributed by atoms with Gasteiger partial charge in [0.15, 0.2) is 0 Å². The number of hydrogen-bond donors (Lipinski definition) is 1. The van der Waals surface area contributed by atoms with Crippen molar-refractivity contribution < 1.29 is 23.5 Å². The summed E-state index contributed by atoms with van der Waals surface area (Å²) < 4.78 is 27.4. The first-order valence-electron chi connectivity index (χ1n) is 10.8. The van der Waals surface area contributed by atoms with Crippen molar-refractivity contribution >= 4 is 11.8 Å². The van der Waals surface area contributed by atoms with Gasteiger partial charge in [-0.25, -0.2) is 8.78 Å². The third kappa shape index (κ3) is 3.68. The van der Waals surface area contributed by atoms with Crippen LogP contribution in [0.3, 0.4) is 0 Å². The molecule has 0 aliphatic carbocycles. The van der Waals surface area contributed by atoms with Gasteiger partial charge in [0.25, 0.3) is 5.91 Å². The number of carbonyl (C=O) groups is 2. The van der Waals surface area contributed by atoms with E-state index in [1.807, 2.05) is 24.3 Å². The molecule has 33 heavy (non-hydrogen) atoms. The summed E-state index contributed by atoms with van der Waals surface area (Å²) in [6.45, 7) is -0.0654. The summed E-state index contributed by atoms with van der Waals surface area (Å²) in [6.07, 6.45) is 0. The Morgan fingerprint density at radius 1 is 0.939 bits per heavy atom. The minimum absolute atomic E-state index is 0.0583. The second kappa shape index (κ2) is 8.41. The van der Waals surface area contributed by atoms with Crippen molar-refractivity contribution in [3.05, 3.63) is 95.6 Å². The SMILES string of the molecule is O=C(c1ccccc1F)N1CC(=O)N2[C@H](C1)[C@@H](c1ccc(-c3ccc(F)cc3)cc1)[C@@H]2CO. The third-order valence-corrected chi connectivity index (χ3v) is 6.62. The van der Waals surface area contributed by atoms with Crippen LogP contribution in [0.2, 0.25) is 0 Å². The molecular formula is C26H22F2N2O3. The van der Waals surface area contributed by atoms with Crippen LogP contribution in [0.25, 0.3) is 11.1 Å². The number of nitrogens with zero attached hydrogens (tertiary/aromatic N) is 2. The number of rotatable bonds is 4. The van der Waals surface area contributed by atoms with Gasteiger partial charge in [0.2, 0.25) is 5.91 Å². The highest BCUT2D eigenvalue weighted by atomic mass is 19.1. The van der Waals surface area contributed by atoms with Crippen LogP contribution in [0.4, 0.5) is 8.78 Å². The molecule has 1 N–H and O–H groups in total. The van der Waals surface area contributed by atoms with Crippen molar-refractivity contribution in [1.82, 2.24) is 9.80 Å². The third-order valence-electron chi connectivity index (χ3n) is 6.62. The summed E-state index contributed by atoms with van der Waals surface area (Å²) in [7, 11) is 0. The summed E-state index contributed by atoms with van der Waals surface area (Å²) in [6, 6.07) is 19.0. The fourth-order valence-electron chi connectivity index (χ4n) is 5.00. The Labute approximate surface area is 189 Å². The highest BCUT2D eigenvalue weighted by molar-refractivity contribution is 5.97. The Bertz CT molecular complexity index is 1200. The average molecular weight is 448 g/mol. The standard InChI is InChI=1S/C26H22F2N2O3/c27-19-11-9-17(10-12-19)16-5-7-18(8-6-16)25-22-13-29(14-24(32)30(22)23(25)15-31)26(33)20-3-1-2-4-21(20)28/h1-12,22-23,25,31H,13-15H2/t22-,23+,25-/m1/s1. The minimum atomic E-state index is -0.618. The Hall–Kier alpha value is -3.58. The summed E-state index contributed by atoms with van der Waals surface area (Å²) in [5, 5.41) is 9.96. The molecule has 0 radical (unpaired) electrons. The van der Waals surface area contributed by atoms with Crippen molar-refractivity contribution in [3.63, 3.8) is 0 Å². The number of amides is 2. The molecule has 0 saturated carbocycles. The van der Waals surface area contributed by atoms with Crippen LogP contribution >= 0.6 is 0 Å². The van der Waals surface area contributed by atoms with Gasteiger partial charge < -0.3 is 14.9 Å². The highest BCUT2D eigenvalue weighted by Crippen LogP contribution is 2.43. The topological polar surface area (TPSA) is 60.9 Å². The predicted molar refractivity (Wildman–Crippen MR) is 118 cm³/mol. The van der Waals surface area contributed by atoms with E-state index >= 15 is 0 Å². The van der Waals surface area contributed by atoms with Gasteiger partial charge in [-0.1, -0.05) is 48.5 Å². The molecule has 3 atom stereocenters. The van der Waals surface area contributed by atoms with Crippen LogP contribution in [0.15, 0.2) is 72.8 Å². The van der Waals surface area contributed by atoms with E-state index in [9.17, 15) is 23.5 Å². The largest absolute Gasteiger partial charge is 0.394 e. The average Bonchev–Trinajstić information content (AvgIpc) is 2.81. The molecule has 3 aromatic carbocycles. The molecule has 2 aliphatic rings. The summed E-state index contributed by atoms with van der Waals surface area (Å²) in [5.41, 5.74) is 2.68. The van der Waals surface area contributed by atoms with Gasteiger partial charge in [-0.15, -0.1) is 0 Å². The van der Waals surface area contributed by atoms with Gasteiger partial charge in [0.05, 0.1) is 24.3 Å². The zero-order chi connectivity index (χ0) is 23.1. The summed E-state index contributed by atoms with van der Waals surface area (Å²) in [5.74, 6) is -1.84. The highest BCUT2D eigenvalue weighted by Gasteiger charge is 2.54. The molecule has 0 bridgehead atoms. The lowest BCUT2D eigenvalue weighted by Crippen LogP contribution is -2.73. The van der Waals surface area contributed by atoms with E-state index in [1.54, 1.807) is 23.1 Å². The van der Waals surface area contributed by atoms with Crippen LogP contribution in [-0.2, 0) is 4.79 Å². The first kappa shape index (κ1) is 21.3. The van der Waals surface area contributed by atoms with E-state index in [0.717, 1.165) is 16.7 Å². The molecule has 3 aromatic rings. The zero-order valence-electron chi connectivity index (χ0n) is 17.7. The minimum Gasteiger partial charge on any atom is -0.394 e. The van der Waals surface area contributed by atoms with Gasteiger partial charge in [-0.2, -0.15) is 0 Å². The number of piperazine rings is 1. The molecular weight excluding hydrogens is 426 g/mol. The Kier molecular flexibility index (Phi) is 5.42. The van der Waals surface area contributed by atoms with Crippen LogP contribution in [0.5, 0.6) is 0 Å². The molecule has 5 rings (SSSR count). The fourth-order valence-corrected chi connectivity index (χ4v) is 5.00. The van der Waals surface area contributed by atoms with Crippen LogP contribution in [0.1, 0.15) is 21.8 Å². The normalized spacial score (nSPS) is 22.0.